The summed E-state index contributed by atoms with van der Waals surface area (Å²) in [4.78, 5) is 0. The minimum absolute atomic E-state index is 0.257. The van der Waals surface area contributed by atoms with Crippen molar-refractivity contribution < 1.29 is 9.47 Å². The van der Waals surface area contributed by atoms with Gasteiger partial charge < -0.3 is 9.47 Å². The van der Waals surface area contributed by atoms with Gasteiger partial charge in [0.1, 0.15) is 5.60 Å². The molecule has 0 aliphatic carbocycles. The van der Waals surface area contributed by atoms with Gasteiger partial charge in [0, 0.05) is 6.61 Å². The van der Waals surface area contributed by atoms with Crippen molar-refractivity contribution in [2.24, 2.45) is 0 Å². The Morgan fingerprint density at radius 1 is 1.46 bits per heavy atom. The molecular weight excluding hydrogens is 164 g/mol. The molecule has 13 heavy (non-hydrogen) atoms. The Morgan fingerprint density at radius 2 is 2.08 bits per heavy atom. The van der Waals surface area contributed by atoms with Crippen LogP contribution in [0.1, 0.15) is 27.7 Å². The highest BCUT2D eigenvalue weighted by Gasteiger charge is 2.18. The normalized spacial score (nSPS) is 12.5. The molecule has 1 atom stereocenters. The van der Waals surface area contributed by atoms with E-state index in [0.717, 1.165) is 0 Å². The molecular formula is C11H16O2. The average Bonchev–Trinajstić information content (AvgIpc) is 2.00. The lowest BCUT2D eigenvalue weighted by atomic mass is 10.1. The van der Waals surface area contributed by atoms with Gasteiger partial charge in [-0.05, 0) is 39.5 Å². The van der Waals surface area contributed by atoms with Gasteiger partial charge in [-0.2, -0.15) is 0 Å². The maximum atomic E-state index is 5.49. The number of rotatable bonds is 4. The highest BCUT2D eigenvalue weighted by molar-refractivity contribution is 5.26. The van der Waals surface area contributed by atoms with Crippen molar-refractivity contribution in [3.05, 3.63) is 0 Å². The van der Waals surface area contributed by atoms with E-state index in [1.165, 1.54) is 0 Å². The fourth-order valence-electron chi connectivity index (χ4n) is 0.900. The van der Waals surface area contributed by atoms with Crippen molar-refractivity contribution in [1.29, 1.82) is 0 Å². The SMILES string of the molecule is C#CC#CC(C)(C)OC(C)OCC. The van der Waals surface area contributed by atoms with Crippen molar-refractivity contribution in [2.75, 3.05) is 6.61 Å². The van der Waals surface area contributed by atoms with Gasteiger partial charge in [-0.15, -0.1) is 6.42 Å². The molecule has 0 saturated heterocycles. The Hall–Kier alpha value is -0.960. The molecule has 0 aromatic carbocycles. The van der Waals surface area contributed by atoms with Crippen LogP contribution < -0.4 is 0 Å². The zero-order chi connectivity index (χ0) is 10.3. The zero-order valence-electron chi connectivity index (χ0n) is 8.68. The minimum Gasteiger partial charge on any atom is -0.353 e. The van der Waals surface area contributed by atoms with Gasteiger partial charge >= 0.3 is 0 Å². The molecule has 0 bridgehead atoms. The van der Waals surface area contributed by atoms with E-state index < -0.39 is 5.60 Å². The first kappa shape index (κ1) is 12.0. The van der Waals surface area contributed by atoms with Crippen LogP contribution in [0.25, 0.3) is 0 Å². The van der Waals surface area contributed by atoms with Crippen molar-refractivity contribution in [1.82, 2.24) is 0 Å². The molecule has 0 saturated carbocycles. The molecule has 0 radical (unpaired) electrons. The van der Waals surface area contributed by atoms with Gasteiger partial charge in [-0.25, -0.2) is 0 Å². The molecule has 0 aliphatic heterocycles. The van der Waals surface area contributed by atoms with Gasteiger partial charge in [0.2, 0.25) is 0 Å². The predicted molar refractivity (Wildman–Crippen MR) is 52.9 cm³/mol. The quantitative estimate of drug-likeness (QED) is 0.485. The fraction of sp³-hybridized carbons (Fsp3) is 0.636. The monoisotopic (exact) mass is 180 g/mol. The molecule has 0 aromatic heterocycles. The molecule has 0 rings (SSSR count). The highest BCUT2D eigenvalue weighted by atomic mass is 16.7. The summed E-state index contributed by atoms with van der Waals surface area (Å²) in [6, 6.07) is 0. The summed E-state index contributed by atoms with van der Waals surface area (Å²) in [5, 5.41) is 0. The zero-order valence-corrected chi connectivity index (χ0v) is 8.68. The molecule has 2 nitrogen and oxygen atoms in total. The van der Waals surface area contributed by atoms with Crippen molar-refractivity contribution in [2.45, 2.75) is 39.6 Å². The van der Waals surface area contributed by atoms with Crippen LogP contribution in [0.5, 0.6) is 0 Å². The fourth-order valence-corrected chi connectivity index (χ4v) is 0.900. The first-order valence-corrected chi connectivity index (χ1v) is 4.29. The average molecular weight is 180 g/mol. The second kappa shape index (κ2) is 5.65. The standard InChI is InChI=1S/C11H16O2/c1-6-8-9-11(4,5)13-10(3)12-7-2/h1,10H,7H2,2-5H3. The summed E-state index contributed by atoms with van der Waals surface area (Å²) in [6.45, 7) is 8.09. The third kappa shape index (κ3) is 6.22. The molecule has 72 valence electrons. The first-order chi connectivity index (χ1) is 6.02. The van der Waals surface area contributed by atoms with E-state index in [1.807, 2.05) is 27.7 Å². The molecule has 0 aliphatic rings. The van der Waals surface area contributed by atoms with Crippen LogP contribution in [0.4, 0.5) is 0 Å². The van der Waals surface area contributed by atoms with E-state index in [1.54, 1.807) is 0 Å². The molecule has 0 N–H and O–H groups in total. The van der Waals surface area contributed by atoms with Gasteiger partial charge in [-0.1, -0.05) is 5.92 Å². The minimum atomic E-state index is -0.555. The Kier molecular flexibility index (Phi) is 5.23. The number of hydrogen-bond donors (Lipinski definition) is 0. The summed E-state index contributed by atoms with van der Waals surface area (Å²) in [5.41, 5.74) is -0.555. The van der Waals surface area contributed by atoms with Gasteiger partial charge in [0.05, 0.1) is 0 Å². The molecule has 2 heteroatoms. The second-order valence-electron chi connectivity index (χ2n) is 3.05. The van der Waals surface area contributed by atoms with E-state index >= 15 is 0 Å². The van der Waals surface area contributed by atoms with E-state index in [-0.39, 0.29) is 6.29 Å². The maximum absolute atomic E-state index is 5.49. The Labute approximate surface area is 80.6 Å². The largest absolute Gasteiger partial charge is 0.353 e. The summed E-state index contributed by atoms with van der Waals surface area (Å²) in [7, 11) is 0. The Morgan fingerprint density at radius 3 is 2.54 bits per heavy atom. The lowest BCUT2D eigenvalue weighted by Crippen LogP contribution is -2.29. The van der Waals surface area contributed by atoms with Crippen LogP contribution in [0, 0.1) is 24.2 Å². The van der Waals surface area contributed by atoms with E-state index in [4.69, 9.17) is 15.9 Å². The van der Waals surface area contributed by atoms with Crippen LogP contribution in [0.3, 0.4) is 0 Å². The van der Waals surface area contributed by atoms with E-state index in [2.05, 4.69) is 17.8 Å². The van der Waals surface area contributed by atoms with Crippen molar-refractivity contribution in [3.63, 3.8) is 0 Å². The lowest BCUT2D eigenvalue weighted by molar-refractivity contribution is -0.169. The first-order valence-electron chi connectivity index (χ1n) is 4.29. The Bertz CT molecular complexity index is 237. The second-order valence-corrected chi connectivity index (χ2v) is 3.05. The summed E-state index contributed by atoms with van der Waals surface area (Å²) < 4.78 is 10.7. The number of ether oxygens (including phenoxy) is 2. The van der Waals surface area contributed by atoms with E-state index in [9.17, 15) is 0 Å². The lowest BCUT2D eigenvalue weighted by Gasteiger charge is -2.23. The molecule has 0 amide bonds. The Balaban J connectivity index is 4.10. The smallest absolute Gasteiger partial charge is 0.156 e. The molecule has 0 heterocycles. The van der Waals surface area contributed by atoms with Gasteiger partial charge in [-0.3, -0.25) is 0 Å². The van der Waals surface area contributed by atoms with Crippen LogP contribution in [-0.4, -0.2) is 18.5 Å². The van der Waals surface area contributed by atoms with Crippen LogP contribution in [0.2, 0.25) is 0 Å². The highest BCUT2D eigenvalue weighted by Crippen LogP contribution is 2.11. The summed E-state index contributed by atoms with van der Waals surface area (Å²) in [6.07, 6.45) is 4.76. The summed E-state index contributed by atoms with van der Waals surface area (Å²) >= 11 is 0. The van der Waals surface area contributed by atoms with Crippen molar-refractivity contribution in [3.8, 4) is 24.2 Å². The van der Waals surface area contributed by atoms with Gasteiger partial charge in [0.25, 0.3) is 0 Å². The molecule has 0 fully saturated rings. The topological polar surface area (TPSA) is 18.5 Å². The van der Waals surface area contributed by atoms with Crippen LogP contribution in [0.15, 0.2) is 0 Å². The van der Waals surface area contributed by atoms with Gasteiger partial charge in [0.15, 0.2) is 6.29 Å². The molecule has 1 unspecified atom stereocenters. The number of hydrogen-bond acceptors (Lipinski definition) is 2. The molecule has 0 spiro atoms. The molecule has 0 aromatic rings. The van der Waals surface area contributed by atoms with Crippen molar-refractivity contribution >= 4 is 0 Å². The third-order valence-corrected chi connectivity index (χ3v) is 1.30. The van der Waals surface area contributed by atoms with Crippen LogP contribution >= 0.6 is 0 Å². The summed E-state index contributed by atoms with van der Waals surface area (Å²) in [5.74, 6) is 7.59. The van der Waals surface area contributed by atoms with E-state index in [0.29, 0.717) is 6.61 Å². The maximum Gasteiger partial charge on any atom is 0.156 e. The number of terminal acetylenes is 1. The predicted octanol–water partition coefficient (Wildman–Crippen LogP) is 1.80. The third-order valence-electron chi connectivity index (χ3n) is 1.30. The van der Waals surface area contributed by atoms with Crippen LogP contribution in [-0.2, 0) is 9.47 Å².